The van der Waals surface area contributed by atoms with Crippen molar-refractivity contribution in [2.45, 2.75) is 13.3 Å². The lowest BCUT2D eigenvalue weighted by atomic mass is 10.1. The van der Waals surface area contributed by atoms with E-state index in [1.807, 2.05) is 31.2 Å². The second-order valence-corrected chi connectivity index (χ2v) is 7.09. The molecule has 1 aromatic carbocycles. The Morgan fingerprint density at radius 3 is 2.55 bits per heavy atom. The van der Waals surface area contributed by atoms with Crippen LogP contribution in [0.1, 0.15) is 11.1 Å². The molecule has 22 heavy (non-hydrogen) atoms. The number of hydrogen-bond donors (Lipinski definition) is 1. The van der Waals surface area contributed by atoms with Gasteiger partial charge in [-0.25, -0.2) is 8.42 Å². The molecule has 1 rings (SSSR count). The van der Waals surface area contributed by atoms with Gasteiger partial charge in [-0.2, -0.15) is 4.31 Å². The number of ether oxygens (including phenoxy) is 1. The van der Waals surface area contributed by atoms with Crippen LogP contribution in [0.25, 0.3) is 0 Å². The van der Waals surface area contributed by atoms with Crippen LogP contribution in [-0.2, 0) is 26.0 Å². The SMILES string of the molecule is COCCN(CCNC(=O)Cc1ccccc1C)S(C)(=O)=O. The van der Waals surface area contributed by atoms with E-state index < -0.39 is 10.0 Å². The smallest absolute Gasteiger partial charge is 0.224 e. The molecule has 0 atom stereocenters. The molecule has 0 aliphatic rings. The molecular formula is C15H24N2O4S. The molecule has 1 amide bonds. The lowest BCUT2D eigenvalue weighted by molar-refractivity contribution is -0.120. The molecule has 0 bridgehead atoms. The van der Waals surface area contributed by atoms with Crippen LogP contribution in [-0.4, -0.2) is 58.2 Å². The summed E-state index contributed by atoms with van der Waals surface area (Å²) in [4.78, 5) is 11.9. The Balaban J connectivity index is 2.44. The number of sulfonamides is 1. The summed E-state index contributed by atoms with van der Waals surface area (Å²) in [6.45, 7) is 3.08. The lowest BCUT2D eigenvalue weighted by Crippen LogP contribution is -2.40. The molecule has 0 radical (unpaired) electrons. The van der Waals surface area contributed by atoms with Crippen LogP contribution >= 0.6 is 0 Å². The predicted molar refractivity (Wildman–Crippen MR) is 86.2 cm³/mol. The Kier molecular flexibility index (Phi) is 7.50. The second kappa shape index (κ2) is 8.87. The highest BCUT2D eigenvalue weighted by atomic mass is 32.2. The van der Waals surface area contributed by atoms with Crippen LogP contribution < -0.4 is 5.32 Å². The zero-order valence-corrected chi connectivity index (χ0v) is 14.1. The topological polar surface area (TPSA) is 75.7 Å². The zero-order chi connectivity index (χ0) is 16.6. The van der Waals surface area contributed by atoms with E-state index in [1.54, 1.807) is 0 Å². The fourth-order valence-corrected chi connectivity index (χ4v) is 2.83. The van der Waals surface area contributed by atoms with E-state index in [-0.39, 0.29) is 25.5 Å². The van der Waals surface area contributed by atoms with Crippen molar-refractivity contribution < 1.29 is 17.9 Å². The maximum Gasteiger partial charge on any atom is 0.224 e. The van der Waals surface area contributed by atoms with Crippen molar-refractivity contribution in [1.29, 1.82) is 0 Å². The Morgan fingerprint density at radius 1 is 1.27 bits per heavy atom. The Bertz CT molecular complexity index is 587. The number of benzene rings is 1. The molecule has 0 aliphatic carbocycles. The molecule has 124 valence electrons. The number of carbonyl (C=O) groups excluding carboxylic acids is 1. The standard InChI is InChI=1S/C15H24N2O4S/c1-13-6-4-5-7-14(13)12-15(18)16-8-9-17(10-11-21-2)22(3,19)20/h4-7H,8-12H2,1-3H3,(H,16,18). The lowest BCUT2D eigenvalue weighted by Gasteiger charge is -2.19. The van der Waals surface area contributed by atoms with Crippen LogP contribution in [0.2, 0.25) is 0 Å². The summed E-state index contributed by atoms with van der Waals surface area (Å²) >= 11 is 0. The first kappa shape index (κ1) is 18.6. The number of nitrogens with one attached hydrogen (secondary N) is 1. The van der Waals surface area contributed by atoms with E-state index in [9.17, 15) is 13.2 Å². The first-order chi connectivity index (χ1) is 10.3. The van der Waals surface area contributed by atoms with E-state index in [0.29, 0.717) is 13.0 Å². The first-order valence-electron chi connectivity index (χ1n) is 7.10. The van der Waals surface area contributed by atoms with Crippen molar-refractivity contribution in [2.24, 2.45) is 0 Å². The minimum absolute atomic E-state index is 0.116. The van der Waals surface area contributed by atoms with Crippen molar-refractivity contribution in [1.82, 2.24) is 9.62 Å². The third-order valence-corrected chi connectivity index (χ3v) is 4.61. The van der Waals surface area contributed by atoms with E-state index in [0.717, 1.165) is 17.4 Å². The van der Waals surface area contributed by atoms with Gasteiger partial charge < -0.3 is 10.1 Å². The van der Waals surface area contributed by atoms with E-state index in [1.165, 1.54) is 11.4 Å². The Labute approximate surface area is 132 Å². The van der Waals surface area contributed by atoms with Gasteiger partial charge in [0.1, 0.15) is 0 Å². The Hall–Kier alpha value is -1.44. The van der Waals surface area contributed by atoms with Crippen LogP contribution in [0.3, 0.4) is 0 Å². The fourth-order valence-electron chi connectivity index (χ4n) is 2.00. The average molecular weight is 328 g/mol. The van der Waals surface area contributed by atoms with Crippen molar-refractivity contribution in [3.63, 3.8) is 0 Å². The number of methoxy groups -OCH3 is 1. The maximum absolute atomic E-state index is 11.9. The molecule has 1 aromatic rings. The van der Waals surface area contributed by atoms with Crippen LogP contribution in [0, 0.1) is 6.92 Å². The number of amides is 1. The molecule has 0 aromatic heterocycles. The number of nitrogens with zero attached hydrogens (tertiary/aromatic N) is 1. The predicted octanol–water partition coefficient (Wildman–Crippen LogP) is 0.562. The summed E-state index contributed by atoms with van der Waals surface area (Å²) in [5.41, 5.74) is 2.04. The minimum atomic E-state index is -3.30. The monoisotopic (exact) mass is 328 g/mol. The quantitative estimate of drug-likeness (QED) is 0.719. The molecule has 0 spiro atoms. The third kappa shape index (κ3) is 6.55. The average Bonchev–Trinajstić information content (AvgIpc) is 2.43. The highest BCUT2D eigenvalue weighted by Gasteiger charge is 2.16. The fraction of sp³-hybridized carbons (Fsp3) is 0.533. The molecule has 1 N–H and O–H groups in total. The maximum atomic E-state index is 11.9. The van der Waals surface area contributed by atoms with Crippen LogP contribution in [0.5, 0.6) is 0 Å². The summed E-state index contributed by atoms with van der Waals surface area (Å²) in [7, 11) is -1.78. The largest absolute Gasteiger partial charge is 0.383 e. The highest BCUT2D eigenvalue weighted by molar-refractivity contribution is 7.88. The second-order valence-electron chi connectivity index (χ2n) is 5.11. The van der Waals surface area contributed by atoms with Gasteiger partial charge in [0.2, 0.25) is 15.9 Å². The number of hydrogen-bond acceptors (Lipinski definition) is 4. The number of carbonyl (C=O) groups is 1. The highest BCUT2D eigenvalue weighted by Crippen LogP contribution is 2.07. The van der Waals surface area contributed by atoms with Gasteiger partial charge in [-0.1, -0.05) is 24.3 Å². The van der Waals surface area contributed by atoms with Crippen molar-refractivity contribution in [2.75, 3.05) is 39.6 Å². The van der Waals surface area contributed by atoms with E-state index >= 15 is 0 Å². The molecule has 0 aliphatic heterocycles. The van der Waals surface area contributed by atoms with E-state index in [2.05, 4.69) is 5.32 Å². The first-order valence-corrected chi connectivity index (χ1v) is 8.94. The van der Waals surface area contributed by atoms with Crippen LogP contribution in [0.15, 0.2) is 24.3 Å². The molecule has 0 fully saturated rings. The molecule has 0 heterocycles. The summed E-state index contributed by atoms with van der Waals surface area (Å²) in [5.74, 6) is -0.116. The van der Waals surface area contributed by atoms with Crippen molar-refractivity contribution >= 4 is 15.9 Å². The summed E-state index contributed by atoms with van der Waals surface area (Å²) in [6.07, 6.45) is 1.45. The third-order valence-electron chi connectivity index (χ3n) is 3.31. The summed E-state index contributed by atoms with van der Waals surface area (Å²) < 4.78 is 29.4. The van der Waals surface area contributed by atoms with Gasteiger partial charge in [-0.15, -0.1) is 0 Å². The van der Waals surface area contributed by atoms with Crippen molar-refractivity contribution in [3.05, 3.63) is 35.4 Å². The van der Waals surface area contributed by atoms with Gasteiger partial charge >= 0.3 is 0 Å². The molecule has 0 saturated carbocycles. The van der Waals surface area contributed by atoms with Gasteiger partial charge in [-0.3, -0.25) is 4.79 Å². The normalized spacial score (nSPS) is 11.6. The molecule has 0 saturated heterocycles. The number of rotatable bonds is 9. The number of aryl methyl sites for hydroxylation is 1. The van der Waals surface area contributed by atoms with Gasteiger partial charge in [0.25, 0.3) is 0 Å². The summed E-state index contributed by atoms with van der Waals surface area (Å²) in [5, 5.41) is 2.75. The van der Waals surface area contributed by atoms with Gasteiger partial charge in [-0.05, 0) is 18.1 Å². The van der Waals surface area contributed by atoms with E-state index in [4.69, 9.17) is 4.74 Å². The van der Waals surface area contributed by atoms with Crippen molar-refractivity contribution in [3.8, 4) is 0 Å². The Morgan fingerprint density at radius 2 is 1.95 bits per heavy atom. The minimum Gasteiger partial charge on any atom is -0.383 e. The molecule has 6 nitrogen and oxygen atoms in total. The summed E-state index contributed by atoms with van der Waals surface area (Å²) in [6, 6.07) is 7.69. The molecule has 7 heteroatoms. The zero-order valence-electron chi connectivity index (χ0n) is 13.3. The molecule has 0 unspecified atom stereocenters. The van der Waals surface area contributed by atoms with Gasteiger partial charge in [0.05, 0.1) is 19.3 Å². The van der Waals surface area contributed by atoms with Crippen LogP contribution in [0.4, 0.5) is 0 Å². The van der Waals surface area contributed by atoms with Gasteiger partial charge in [0.15, 0.2) is 0 Å². The molecular weight excluding hydrogens is 304 g/mol. The van der Waals surface area contributed by atoms with Gasteiger partial charge in [0, 0.05) is 26.7 Å².